The molecule has 1 aromatic heterocycles. The quantitative estimate of drug-likeness (QED) is 0.670. The monoisotopic (exact) mass is 388 g/mol. The number of hydrogen-bond donors (Lipinski definition) is 2. The molecule has 28 heavy (non-hydrogen) atoms. The fraction of sp³-hybridized carbons (Fsp3) is 0.350. The summed E-state index contributed by atoms with van der Waals surface area (Å²) in [4.78, 5) is 36.4. The smallest absolute Gasteiger partial charge is 0.342 e. The minimum Gasteiger partial charge on any atom is -0.493 e. The Hall–Kier alpha value is -3.29. The van der Waals surface area contributed by atoms with Gasteiger partial charge in [-0.15, -0.1) is 0 Å². The molecule has 1 heterocycles. The van der Waals surface area contributed by atoms with Crippen molar-refractivity contribution in [2.75, 3.05) is 18.5 Å². The Labute approximate surface area is 163 Å². The maximum absolute atomic E-state index is 12.5. The highest BCUT2D eigenvalue weighted by Crippen LogP contribution is 2.28. The highest BCUT2D eigenvalue weighted by Gasteiger charge is 2.29. The molecule has 0 atom stereocenters. The van der Waals surface area contributed by atoms with E-state index in [1.165, 1.54) is 6.92 Å². The molecule has 0 bridgehead atoms. The summed E-state index contributed by atoms with van der Waals surface area (Å²) >= 11 is 0. The second-order valence-electron chi connectivity index (χ2n) is 6.51. The maximum Gasteiger partial charge on any atom is 0.342 e. The second kappa shape index (κ2) is 9.07. The second-order valence-corrected chi connectivity index (χ2v) is 6.51. The van der Waals surface area contributed by atoms with Crippen LogP contribution >= 0.6 is 0 Å². The Kier molecular flexibility index (Phi) is 6.81. The number of furan rings is 1. The first-order valence-electron chi connectivity index (χ1n) is 8.89. The average molecular weight is 388 g/mol. The Morgan fingerprint density at radius 2 is 1.79 bits per heavy atom. The molecular weight excluding hydrogens is 364 g/mol. The van der Waals surface area contributed by atoms with Crippen molar-refractivity contribution in [3.63, 3.8) is 0 Å². The van der Waals surface area contributed by atoms with Crippen molar-refractivity contribution in [1.82, 2.24) is 0 Å². The van der Waals surface area contributed by atoms with E-state index in [1.807, 2.05) is 13.8 Å². The number of carbonyl (C=O) groups excluding carboxylic acids is 3. The molecule has 0 radical (unpaired) electrons. The standard InChI is InChI=1S/C20H24N2O6/c1-5-26-20(25)15-12(4)28-19(16(15)17(21)23)22-18(24)13-6-8-14(9-7-13)27-10-11(2)3/h6-9,11H,5,10H2,1-4H3,(H2,21,23)(H,22,24). The summed E-state index contributed by atoms with van der Waals surface area (Å²) in [5, 5.41) is 2.48. The lowest BCUT2D eigenvalue weighted by Crippen LogP contribution is -2.20. The lowest BCUT2D eigenvalue weighted by molar-refractivity contribution is 0.0521. The number of ether oxygens (including phenoxy) is 2. The van der Waals surface area contributed by atoms with Gasteiger partial charge in [0.2, 0.25) is 5.88 Å². The van der Waals surface area contributed by atoms with E-state index >= 15 is 0 Å². The predicted molar refractivity (Wildman–Crippen MR) is 103 cm³/mol. The Morgan fingerprint density at radius 1 is 1.14 bits per heavy atom. The molecule has 2 amide bonds. The summed E-state index contributed by atoms with van der Waals surface area (Å²) in [6, 6.07) is 6.50. The van der Waals surface area contributed by atoms with Gasteiger partial charge in [-0.3, -0.25) is 14.9 Å². The van der Waals surface area contributed by atoms with E-state index in [4.69, 9.17) is 19.6 Å². The van der Waals surface area contributed by atoms with E-state index in [2.05, 4.69) is 5.32 Å². The third-order valence-electron chi connectivity index (χ3n) is 3.74. The van der Waals surface area contributed by atoms with Crippen molar-refractivity contribution < 1.29 is 28.3 Å². The van der Waals surface area contributed by atoms with Gasteiger partial charge in [0, 0.05) is 5.56 Å². The zero-order chi connectivity index (χ0) is 20.8. The van der Waals surface area contributed by atoms with Crippen molar-refractivity contribution in [3.05, 3.63) is 46.7 Å². The zero-order valence-corrected chi connectivity index (χ0v) is 16.3. The van der Waals surface area contributed by atoms with Crippen molar-refractivity contribution in [3.8, 4) is 5.75 Å². The number of nitrogens with two attached hydrogens (primary N) is 1. The third-order valence-corrected chi connectivity index (χ3v) is 3.74. The SMILES string of the molecule is CCOC(=O)c1c(C)oc(NC(=O)c2ccc(OCC(C)C)cc2)c1C(N)=O. The van der Waals surface area contributed by atoms with E-state index in [0.717, 1.165) is 0 Å². The van der Waals surface area contributed by atoms with E-state index in [-0.39, 0.29) is 29.4 Å². The summed E-state index contributed by atoms with van der Waals surface area (Å²) in [5.74, 6) is -1.23. The molecule has 0 saturated heterocycles. The first kappa shape index (κ1) is 21.0. The normalized spacial score (nSPS) is 10.6. The van der Waals surface area contributed by atoms with Crippen LogP contribution in [0.1, 0.15) is 57.6 Å². The minimum atomic E-state index is -0.910. The van der Waals surface area contributed by atoms with Crippen molar-refractivity contribution >= 4 is 23.7 Å². The van der Waals surface area contributed by atoms with E-state index in [0.29, 0.717) is 23.8 Å². The van der Waals surface area contributed by atoms with Crippen LogP contribution in [0.25, 0.3) is 0 Å². The highest BCUT2D eigenvalue weighted by molar-refractivity contribution is 6.12. The van der Waals surface area contributed by atoms with E-state index < -0.39 is 17.8 Å². The van der Waals surface area contributed by atoms with E-state index in [9.17, 15) is 14.4 Å². The number of primary amides is 1. The molecule has 0 saturated carbocycles. The summed E-state index contributed by atoms with van der Waals surface area (Å²) in [7, 11) is 0. The average Bonchev–Trinajstić information content (AvgIpc) is 2.96. The molecular formula is C20H24N2O6. The fourth-order valence-electron chi connectivity index (χ4n) is 2.46. The number of benzene rings is 1. The Balaban J connectivity index is 2.23. The number of esters is 1. The van der Waals surface area contributed by atoms with Crippen molar-refractivity contribution in [2.45, 2.75) is 27.7 Å². The molecule has 8 nitrogen and oxygen atoms in total. The number of rotatable bonds is 8. The predicted octanol–water partition coefficient (Wildman–Crippen LogP) is 3.15. The van der Waals surface area contributed by atoms with Crippen LogP contribution in [0.2, 0.25) is 0 Å². The molecule has 0 aliphatic rings. The highest BCUT2D eigenvalue weighted by atomic mass is 16.5. The van der Waals surface area contributed by atoms with Gasteiger partial charge in [-0.2, -0.15) is 0 Å². The molecule has 0 aliphatic carbocycles. The van der Waals surface area contributed by atoms with Crippen LogP contribution in [0.3, 0.4) is 0 Å². The lowest BCUT2D eigenvalue weighted by Gasteiger charge is -2.09. The molecule has 0 unspecified atom stereocenters. The Bertz CT molecular complexity index is 868. The minimum absolute atomic E-state index is 0.0953. The molecule has 1 aromatic carbocycles. The van der Waals surface area contributed by atoms with Crippen LogP contribution in [-0.2, 0) is 4.74 Å². The number of carbonyl (C=O) groups is 3. The van der Waals surface area contributed by atoms with Gasteiger partial charge >= 0.3 is 5.97 Å². The first-order chi connectivity index (χ1) is 13.2. The van der Waals surface area contributed by atoms with Crippen LogP contribution in [0.15, 0.2) is 28.7 Å². The van der Waals surface area contributed by atoms with Crippen LogP contribution in [0.5, 0.6) is 5.75 Å². The molecule has 0 spiro atoms. The molecule has 3 N–H and O–H groups in total. The van der Waals surface area contributed by atoms with Gasteiger partial charge in [0.05, 0.1) is 13.2 Å². The summed E-state index contributed by atoms with van der Waals surface area (Å²) in [6.45, 7) is 7.87. The van der Waals surface area contributed by atoms with Crippen LogP contribution in [-0.4, -0.2) is 31.0 Å². The van der Waals surface area contributed by atoms with Gasteiger partial charge in [0.15, 0.2) is 0 Å². The molecule has 150 valence electrons. The summed E-state index contributed by atoms with van der Waals surface area (Å²) < 4.78 is 15.9. The fourth-order valence-corrected chi connectivity index (χ4v) is 2.46. The maximum atomic E-state index is 12.5. The number of nitrogens with one attached hydrogen (secondary N) is 1. The lowest BCUT2D eigenvalue weighted by atomic mass is 10.1. The molecule has 2 rings (SSSR count). The molecule has 0 aliphatic heterocycles. The van der Waals surface area contributed by atoms with Crippen LogP contribution in [0.4, 0.5) is 5.88 Å². The van der Waals surface area contributed by atoms with E-state index in [1.54, 1.807) is 31.2 Å². The number of hydrogen-bond acceptors (Lipinski definition) is 6. The van der Waals surface area contributed by atoms with Crippen molar-refractivity contribution in [2.24, 2.45) is 11.7 Å². The van der Waals surface area contributed by atoms with Gasteiger partial charge in [-0.05, 0) is 44.0 Å². The topological polar surface area (TPSA) is 121 Å². The van der Waals surface area contributed by atoms with Crippen LogP contribution < -0.4 is 15.8 Å². The van der Waals surface area contributed by atoms with Gasteiger partial charge in [-0.1, -0.05) is 13.8 Å². The summed E-state index contributed by atoms with van der Waals surface area (Å²) in [6.07, 6.45) is 0. The number of amides is 2. The molecule has 8 heteroatoms. The van der Waals surface area contributed by atoms with Gasteiger partial charge < -0.3 is 19.6 Å². The largest absolute Gasteiger partial charge is 0.493 e. The number of anilines is 1. The van der Waals surface area contributed by atoms with Gasteiger partial charge in [0.1, 0.15) is 22.6 Å². The van der Waals surface area contributed by atoms with Gasteiger partial charge in [0.25, 0.3) is 11.8 Å². The summed E-state index contributed by atoms with van der Waals surface area (Å²) in [5.41, 5.74) is 5.38. The van der Waals surface area contributed by atoms with Crippen molar-refractivity contribution in [1.29, 1.82) is 0 Å². The third kappa shape index (κ3) is 4.91. The number of aryl methyl sites for hydroxylation is 1. The molecule has 2 aromatic rings. The zero-order valence-electron chi connectivity index (χ0n) is 16.3. The molecule has 0 fully saturated rings. The van der Waals surface area contributed by atoms with Crippen LogP contribution in [0, 0.1) is 12.8 Å². The first-order valence-corrected chi connectivity index (χ1v) is 8.89. The Morgan fingerprint density at radius 3 is 2.32 bits per heavy atom. The van der Waals surface area contributed by atoms with Gasteiger partial charge in [-0.25, -0.2) is 4.79 Å².